The molecule has 0 radical (unpaired) electrons. The lowest BCUT2D eigenvalue weighted by molar-refractivity contribution is -0.384. The number of ether oxygens (including phenoxy) is 1. The molecule has 0 spiro atoms. The Labute approximate surface area is 162 Å². The third-order valence-electron chi connectivity index (χ3n) is 2.99. The van der Waals surface area contributed by atoms with Crippen molar-refractivity contribution < 1.29 is 32.0 Å². The molecule has 0 heterocycles. The van der Waals surface area contributed by atoms with Crippen molar-refractivity contribution in [3.8, 4) is 0 Å². The van der Waals surface area contributed by atoms with Crippen molar-refractivity contribution in [2.75, 3.05) is 16.8 Å². The molecule has 0 aliphatic heterocycles. The number of nitrogens with two attached hydrogens (primary N) is 2. The number of anilines is 3. The van der Waals surface area contributed by atoms with E-state index in [9.17, 15) is 32.5 Å². The van der Waals surface area contributed by atoms with E-state index in [0.717, 1.165) is 12.1 Å². The molecule has 0 fully saturated rings. The van der Waals surface area contributed by atoms with Crippen molar-refractivity contribution in [3.63, 3.8) is 0 Å². The molecule has 0 bridgehead atoms. The van der Waals surface area contributed by atoms with Crippen LogP contribution in [0.1, 0.15) is 20.8 Å². The average Bonchev–Trinajstić information content (AvgIpc) is 2.54. The predicted molar refractivity (Wildman–Crippen MR) is 98.1 cm³/mol. The summed E-state index contributed by atoms with van der Waals surface area (Å²) >= 11 is 0. The number of hydrogen-bond donors (Lipinski definition) is 3. The number of nitrogen functional groups attached to an aromatic ring is 2. The Balaban J connectivity index is 0.000000308. The van der Waals surface area contributed by atoms with Gasteiger partial charge in [-0.3, -0.25) is 15.4 Å². The van der Waals surface area contributed by atoms with Crippen LogP contribution in [-0.4, -0.2) is 16.6 Å². The standard InChI is InChI=1S/C11H14F2N2O2.C6H4F2N2O2/c1-11(2,3)17-10(16)15-9-5-7(13)6(12)4-8(9)14;7-3-1-5(9)6(10(11)12)2-4(3)8/h4-5H,14H2,1-3H3,(H,15,16);1-2H,9H2. The largest absolute Gasteiger partial charge is 0.444 e. The van der Waals surface area contributed by atoms with Crippen LogP contribution in [0.3, 0.4) is 0 Å². The Morgan fingerprint density at radius 3 is 1.90 bits per heavy atom. The fourth-order valence-electron chi connectivity index (χ4n) is 1.79. The highest BCUT2D eigenvalue weighted by molar-refractivity contribution is 5.89. The maximum atomic E-state index is 12.9. The maximum absolute atomic E-state index is 12.9. The monoisotopic (exact) mass is 418 g/mol. The van der Waals surface area contributed by atoms with Gasteiger partial charge in [0.2, 0.25) is 0 Å². The summed E-state index contributed by atoms with van der Waals surface area (Å²) < 4.78 is 55.4. The molecular formula is C17H18F4N4O4. The van der Waals surface area contributed by atoms with Gasteiger partial charge >= 0.3 is 6.09 Å². The first-order valence-electron chi connectivity index (χ1n) is 7.84. The molecule has 0 aliphatic rings. The number of nitrogens with zero attached hydrogens (tertiary/aromatic N) is 1. The number of nitro benzene ring substituents is 1. The Kier molecular flexibility index (Phi) is 7.35. The molecule has 12 heteroatoms. The molecule has 0 saturated heterocycles. The van der Waals surface area contributed by atoms with E-state index in [4.69, 9.17) is 16.2 Å². The van der Waals surface area contributed by atoms with Crippen molar-refractivity contribution in [3.05, 3.63) is 57.6 Å². The summed E-state index contributed by atoms with van der Waals surface area (Å²) in [6.45, 7) is 5.05. The summed E-state index contributed by atoms with van der Waals surface area (Å²) in [5, 5.41) is 12.4. The first kappa shape index (κ1) is 23.5. The summed E-state index contributed by atoms with van der Waals surface area (Å²) in [5.41, 5.74) is 8.66. The zero-order valence-electron chi connectivity index (χ0n) is 15.6. The zero-order valence-corrected chi connectivity index (χ0v) is 15.6. The number of hydrogen-bond acceptors (Lipinski definition) is 6. The van der Waals surface area contributed by atoms with E-state index in [1.165, 1.54) is 0 Å². The van der Waals surface area contributed by atoms with Crippen LogP contribution in [-0.2, 0) is 4.74 Å². The van der Waals surface area contributed by atoms with E-state index in [1.54, 1.807) is 20.8 Å². The Morgan fingerprint density at radius 2 is 1.41 bits per heavy atom. The molecule has 158 valence electrons. The summed E-state index contributed by atoms with van der Waals surface area (Å²) in [6.07, 6.45) is -0.782. The predicted octanol–water partition coefficient (Wildman–Crippen LogP) is 4.35. The quantitative estimate of drug-likeness (QED) is 0.287. The second-order valence-electron chi connectivity index (χ2n) is 6.56. The van der Waals surface area contributed by atoms with Gasteiger partial charge in [-0.25, -0.2) is 22.4 Å². The minimum atomic E-state index is -1.28. The molecule has 2 aromatic carbocycles. The van der Waals surface area contributed by atoms with Gasteiger partial charge < -0.3 is 16.2 Å². The molecule has 8 nitrogen and oxygen atoms in total. The number of amides is 1. The fraction of sp³-hybridized carbons (Fsp3) is 0.235. The summed E-state index contributed by atoms with van der Waals surface area (Å²) in [4.78, 5) is 20.6. The Morgan fingerprint density at radius 1 is 0.966 bits per heavy atom. The van der Waals surface area contributed by atoms with Gasteiger partial charge in [-0.1, -0.05) is 0 Å². The van der Waals surface area contributed by atoms with Gasteiger partial charge in [-0.05, 0) is 20.8 Å². The van der Waals surface area contributed by atoms with E-state index in [0.29, 0.717) is 12.1 Å². The second kappa shape index (κ2) is 9.08. The summed E-state index contributed by atoms with van der Waals surface area (Å²) in [5.74, 6) is -4.64. The lowest BCUT2D eigenvalue weighted by Gasteiger charge is -2.20. The number of nitrogens with one attached hydrogen (secondary N) is 1. The molecule has 2 rings (SSSR count). The number of benzene rings is 2. The van der Waals surface area contributed by atoms with Crippen LogP contribution in [0.15, 0.2) is 24.3 Å². The molecule has 2 aromatic rings. The lowest BCUT2D eigenvalue weighted by Crippen LogP contribution is -2.27. The molecule has 5 N–H and O–H groups in total. The van der Waals surface area contributed by atoms with Crippen molar-refractivity contribution in [1.29, 1.82) is 0 Å². The van der Waals surface area contributed by atoms with E-state index in [2.05, 4.69) is 5.32 Å². The molecule has 0 saturated carbocycles. The van der Waals surface area contributed by atoms with Gasteiger partial charge in [-0.2, -0.15) is 0 Å². The van der Waals surface area contributed by atoms with Crippen molar-refractivity contribution in [1.82, 2.24) is 0 Å². The normalized spacial score (nSPS) is 10.6. The van der Waals surface area contributed by atoms with Crippen LogP contribution < -0.4 is 16.8 Å². The highest BCUT2D eigenvalue weighted by Crippen LogP contribution is 2.24. The van der Waals surface area contributed by atoms with Gasteiger partial charge in [0.1, 0.15) is 11.3 Å². The summed E-state index contributed by atoms with van der Waals surface area (Å²) in [6, 6.07) is 2.62. The fourth-order valence-corrected chi connectivity index (χ4v) is 1.79. The van der Waals surface area contributed by atoms with E-state index >= 15 is 0 Å². The van der Waals surface area contributed by atoms with Crippen molar-refractivity contribution in [2.24, 2.45) is 0 Å². The third-order valence-corrected chi connectivity index (χ3v) is 2.99. The molecule has 1 amide bonds. The van der Waals surface area contributed by atoms with E-state index < -0.39 is 45.6 Å². The number of halogens is 4. The van der Waals surface area contributed by atoms with Crippen molar-refractivity contribution >= 4 is 28.8 Å². The van der Waals surface area contributed by atoms with Crippen LogP contribution in [0.5, 0.6) is 0 Å². The molecule has 0 aliphatic carbocycles. The van der Waals surface area contributed by atoms with Gasteiger partial charge in [0.25, 0.3) is 5.69 Å². The van der Waals surface area contributed by atoms with Crippen LogP contribution in [0.25, 0.3) is 0 Å². The number of carbonyl (C=O) groups excluding carboxylic acids is 1. The van der Waals surface area contributed by atoms with E-state index in [-0.39, 0.29) is 17.1 Å². The molecule has 29 heavy (non-hydrogen) atoms. The first-order chi connectivity index (χ1) is 13.2. The molecule has 0 unspecified atom stereocenters. The SMILES string of the molecule is CC(C)(C)OC(=O)Nc1cc(F)c(F)cc1N.Nc1cc(F)c(F)cc1[N+](=O)[O-]. The minimum Gasteiger partial charge on any atom is -0.444 e. The third kappa shape index (κ3) is 7.16. The molecule has 0 atom stereocenters. The molecular weight excluding hydrogens is 400 g/mol. The zero-order chi connectivity index (χ0) is 22.5. The van der Waals surface area contributed by atoms with Crippen LogP contribution in [0.4, 0.5) is 45.1 Å². The van der Waals surface area contributed by atoms with Gasteiger partial charge in [-0.15, -0.1) is 0 Å². The lowest BCUT2D eigenvalue weighted by atomic mass is 10.2. The van der Waals surface area contributed by atoms with Crippen LogP contribution in [0.2, 0.25) is 0 Å². The van der Waals surface area contributed by atoms with E-state index in [1.807, 2.05) is 0 Å². The maximum Gasteiger partial charge on any atom is 0.412 e. The Hall–Kier alpha value is -3.57. The van der Waals surface area contributed by atoms with Gasteiger partial charge in [0, 0.05) is 18.2 Å². The second-order valence-corrected chi connectivity index (χ2v) is 6.56. The molecule has 0 aromatic heterocycles. The average molecular weight is 418 g/mol. The minimum absolute atomic E-state index is 0.0295. The topological polar surface area (TPSA) is 134 Å². The van der Waals surface area contributed by atoms with Crippen LogP contribution in [0, 0.1) is 33.4 Å². The Bertz CT molecular complexity index is 933. The highest BCUT2D eigenvalue weighted by Gasteiger charge is 2.18. The first-order valence-corrected chi connectivity index (χ1v) is 7.84. The van der Waals surface area contributed by atoms with Crippen molar-refractivity contribution in [2.45, 2.75) is 26.4 Å². The van der Waals surface area contributed by atoms with Gasteiger partial charge in [0.15, 0.2) is 23.3 Å². The smallest absolute Gasteiger partial charge is 0.412 e. The number of rotatable bonds is 2. The highest BCUT2D eigenvalue weighted by atomic mass is 19.2. The number of nitro groups is 1. The van der Waals surface area contributed by atoms with Crippen LogP contribution >= 0.6 is 0 Å². The number of carbonyl (C=O) groups is 1. The van der Waals surface area contributed by atoms with Gasteiger partial charge in [0.05, 0.1) is 22.4 Å². The summed E-state index contributed by atoms with van der Waals surface area (Å²) in [7, 11) is 0.